The SMILES string of the molecule is COc1cccc(CNC(=O)c2ccc3c(c2)S(=O)(=O)N=C2CCCCCN23)c1. The van der Waals surface area contributed by atoms with Crippen LogP contribution in [0.25, 0.3) is 0 Å². The van der Waals surface area contributed by atoms with Gasteiger partial charge in [-0.15, -0.1) is 4.40 Å². The molecule has 0 radical (unpaired) electrons. The van der Waals surface area contributed by atoms with Crippen molar-refractivity contribution in [2.24, 2.45) is 4.40 Å². The van der Waals surface area contributed by atoms with Crippen molar-refractivity contribution in [1.29, 1.82) is 0 Å². The van der Waals surface area contributed by atoms with Gasteiger partial charge >= 0.3 is 0 Å². The summed E-state index contributed by atoms with van der Waals surface area (Å²) in [6.45, 7) is 1.05. The molecule has 2 aromatic rings. The summed E-state index contributed by atoms with van der Waals surface area (Å²) in [5.74, 6) is 0.976. The highest BCUT2D eigenvalue weighted by Crippen LogP contribution is 2.35. The van der Waals surface area contributed by atoms with Crippen LogP contribution in [-0.4, -0.2) is 33.8 Å². The summed E-state index contributed by atoms with van der Waals surface area (Å²) in [7, 11) is -2.22. The predicted octanol–water partition coefficient (Wildman–Crippen LogP) is 3.11. The molecule has 2 aliphatic rings. The molecular formula is C21H23N3O4S. The van der Waals surface area contributed by atoms with Crippen LogP contribution in [0.2, 0.25) is 0 Å². The number of sulfonamides is 1. The van der Waals surface area contributed by atoms with Crippen LogP contribution in [-0.2, 0) is 16.6 Å². The van der Waals surface area contributed by atoms with Gasteiger partial charge in [-0.05, 0) is 48.7 Å². The van der Waals surface area contributed by atoms with E-state index in [1.165, 1.54) is 6.07 Å². The fourth-order valence-corrected chi connectivity index (χ4v) is 4.97. The average Bonchev–Trinajstić information content (AvgIpc) is 2.96. The van der Waals surface area contributed by atoms with Crippen LogP contribution in [0.15, 0.2) is 51.8 Å². The first-order chi connectivity index (χ1) is 14.0. The maximum Gasteiger partial charge on any atom is 0.286 e. The number of benzene rings is 2. The number of amidine groups is 1. The van der Waals surface area contributed by atoms with Crippen molar-refractivity contribution in [1.82, 2.24) is 5.32 Å². The van der Waals surface area contributed by atoms with Gasteiger partial charge in [0.2, 0.25) is 0 Å². The molecule has 152 valence electrons. The Morgan fingerprint density at radius 2 is 2.03 bits per heavy atom. The lowest BCUT2D eigenvalue weighted by Gasteiger charge is -2.29. The molecule has 2 aliphatic heterocycles. The quantitative estimate of drug-likeness (QED) is 0.832. The van der Waals surface area contributed by atoms with Gasteiger partial charge in [0.05, 0.1) is 12.8 Å². The normalized spacial score (nSPS) is 17.4. The van der Waals surface area contributed by atoms with Crippen LogP contribution in [0.4, 0.5) is 5.69 Å². The topological polar surface area (TPSA) is 88.1 Å². The van der Waals surface area contributed by atoms with Gasteiger partial charge in [0.15, 0.2) is 0 Å². The molecule has 1 saturated heterocycles. The summed E-state index contributed by atoms with van der Waals surface area (Å²) in [5.41, 5.74) is 1.80. The number of amides is 1. The fourth-order valence-electron chi connectivity index (χ4n) is 3.69. The van der Waals surface area contributed by atoms with Crippen molar-refractivity contribution < 1.29 is 17.9 Å². The minimum atomic E-state index is -3.81. The van der Waals surface area contributed by atoms with E-state index in [1.807, 2.05) is 29.2 Å². The van der Waals surface area contributed by atoms with Gasteiger partial charge in [-0.3, -0.25) is 4.79 Å². The second kappa shape index (κ2) is 7.87. The summed E-state index contributed by atoms with van der Waals surface area (Å²) in [6, 6.07) is 12.2. The molecule has 0 aromatic heterocycles. The number of nitrogens with one attached hydrogen (secondary N) is 1. The van der Waals surface area contributed by atoms with Crippen molar-refractivity contribution >= 4 is 27.5 Å². The third-order valence-electron chi connectivity index (χ3n) is 5.20. The van der Waals surface area contributed by atoms with Crippen LogP contribution in [0.5, 0.6) is 5.75 Å². The molecule has 1 amide bonds. The average molecular weight is 413 g/mol. The molecule has 0 bridgehead atoms. The summed E-state index contributed by atoms with van der Waals surface area (Å²) < 4.78 is 34.6. The zero-order chi connectivity index (χ0) is 20.4. The van der Waals surface area contributed by atoms with E-state index >= 15 is 0 Å². The number of carbonyl (C=O) groups is 1. The molecule has 0 spiro atoms. The molecule has 29 heavy (non-hydrogen) atoms. The van der Waals surface area contributed by atoms with E-state index < -0.39 is 10.0 Å². The summed E-state index contributed by atoms with van der Waals surface area (Å²) in [4.78, 5) is 14.7. The Kier molecular flexibility index (Phi) is 5.27. The second-order valence-corrected chi connectivity index (χ2v) is 8.73. The van der Waals surface area contributed by atoms with Crippen LogP contribution in [0.3, 0.4) is 0 Å². The molecule has 1 fully saturated rings. The smallest absolute Gasteiger partial charge is 0.286 e. The third kappa shape index (κ3) is 3.98. The first kappa shape index (κ1) is 19.4. The van der Waals surface area contributed by atoms with Crippen molar-refractivity contribution in [3.8, 4) is 5.75 Å². The molecule has 2 heterocycles. The lowest BCUT2D eigenvalue weighted by atomic mass is 10.1. The van der Waals surface area contributed by atoms with Gasteiger partial charge < -0.3 is 15.0 Å². The molecular weight excluding hydrogens is 390 g/mol. The van der Waals surface area contributed by atoms with E-state index in [4.69, 9.17) is 4.74 Å². The number of nitrogens with zero attached hydrogens (tertiary/aromatic N) is 2. The highest BCUT2D eigenvalue weighted by atomic mass is 32.2. The largest absolute Gasteiger partial charge is 0.497 e. The standard InChI is InChI=1S/C21H23N3O4S/c1-28-17-7-5-6-15(12-17)14-22-21(25)16-9-10-18-19(13-16)29(26,27)23-20-8-3-2-4-11-24(18)20/h5-7,9-10,12-13H,2-4,8,11,14H2,1H3,(H,22,25). The Labute approximate surface area is 170 Å². The Bertz CT molecular complexity index is 1080. The Balaban J connectivity index is 1.57. The number of ether oxygens (including phenoxy) is 1. The minimum absolute atomic E-state index is 0.0946. The van der Waals surface area contributed by atoms with Crippen molar-refractivity contribution in [2.75, 3.05) is 18.6 Å². The van der Waals surface area contributed by atoms with E-state index in [9.17, 15) is 13.2 Å². The molecule has 2 aromatic carbocycles. The van der Waals surface area contributed by atoms with Crippen LogP contribution in [0, 0.1) is 0 Å². The van der Waals surface area contributed by atoms with Gasteiger partial charge in [-0.25, -0.2) is 0 Å². The predicted molar refractivity (Wildman–Crippen MR) is 111 cm³/mol. The number of hydrogen-bond acceptors (Lipinski definition) is 5. The molecule has 8 heteroatoms. The number of carbonyl (C=O) groups excluding carboxylic acids is 1. The van der Waals surface area contributed by atoms with Crippen molar-refractivity contribution in [3.63, 3.8) is 0 Å². The van der Waals surface area contributed by atoms with E-state index in [1.54, 1.807) is 19.2 Å². The number of fused-ring (bicyclic) bond motifs is 3. The van der Waals surface area contributed by atoms with Crippen molar-refractivity contribution in [2.45, 2.75) is 37.1 Å². The molecule has 4 rings (SSSR count). The highest BCUT2D eigenvalue weighted by Gasteiger charge is 2.32. The van der Waals surface area contributed by atoms with Gasteiger partial charge in [-0.1, -0.05) is 18.6 Å². The maximum atomic E-state index is 12.7. The van der Waals surface area contributed by atoms with Gasteiger partial charge in [0, 0.05) is 25.1 Å². The van der Waals surface area contributed by atoms with Gasteiger partial charge in [0.25, 0.3) is 15.9 Å². The molecule has 0 atom stereocenters. The van der Waals surface area contributed by atoms with E-state index in [2.05, 4.69) is 9.71 Å². The summed E-state index contributed by atoms with van der Waals surface area (Å²) in [5, 5.41) is 2.83. The summed E-state index contributed by atoms with van der Waals surface area (Å²) >= 11 is 0. The Morgan fingerprint density at radius 3 is 2.86 bits per heavy atom. The van der Waals surface area contributed by atoms with Gasteiger partial charge in [0.1, 0.15) is 16.5 Å². The second-order valence-electron chi connectivity index (χ2n) is 7.16. The van der Waals surface area contributed by atoms with Crippen LogP contribution < -0.4 is 15.0 Å². The van der Waals surface area contributed by atoms with E-state index in [-0.39, 0.29) is 10.8 Å². The number of rotatable bonds is 4. The van der Waals surface area contributed by atoms with Crippen molar-refractivity contribution in [3.05, 3.63) is 53.6 Å². The molecule has 0 aliphatic carbocycles. The number of hydrogen-bond donors (Lipinski definition) is 1. The maximum absolute atomic E-state index is 12.7. The Hall–Kier alpha value is -2.87. The van der Waals surface area contributed by atoms with Crippen LogP contribution >= 0.6 is 0 Å². The first-order valence-corrected chi connectivity index (χ1v) is 11.1. The minimum Gasteiger partial charge on any atom is -0.497 e. The van der Waals surface area contributed by atoms with E-state index in [0.717, 1.165) is 31.4 Å². The lowest BCUT2D eigenvalue weighted by Crippen LogP contribution is -2.35. The number of anilines is 1. The van der Waals surface area contributed by atoms with Crippen LogP contribution in [0.1, 0.15) is 41.6 Å². The molecule has 0 saturated carbocycles. The lowest BCUT2D eigenvalue weighted by molar-refractivity contribution is 0.0950. The molecule has 7 nitrogen and oxygen atoms in total. The van der Waals surface area contributed by atoms with E-state index in [0.29, 0.717) is 35.8 Å². The molecule has 1 N–H and O–H groups in total. The zero-order valence-corrected chi connectivity index (χ0v) is 17.0. The third-order valence-corrected chi connectivity index (χ3v) is 6.53. The fraction of sp³-hybridized carbons (Fsp3) is 0.333. The zero-order valence-electron chi connectivity index (χ0n) is 16.2. The molecule has 0 unspecified atom stereocenters. The highest BCUT2D eigenvalue weighted by molar-refractivity contribution is 7.90. The first-order valence-electron chi connectivity index (χ1n) is 9.64. The Morgan fingerprint density at radius 1 is 1.17 bits per heavy atom. The summed E-state index contributed by atoms with van der Waals surface area (Å²) in [6.07, 6.45) is 3.63. The van der Waals surface area contributed by atoms with Gasteiger partial charge in [-0.2, -0.15) is 8.42 Å². The monoisotopic (exact) mass is 413 g/mol. The number of methoxy groups -OCH3 is 1.